The molecule has 2 fully saturated rings. The van der Waals surface area contributed by atoms with E-state index in [9.17, 15) is 0 Å². The summed E-state index contributed by atoms with van der Waals surface area (Å²) in [5.41, 5.74) is 1.52. The van der Waals surface area contributed by atoms with Gasteiger partial charge >= 0.3 is 0 Å². The summed E-state index contributed by atoms with van der Waals surface area (Å²) in [7, 11) is 0. The smallest absolute Gasteiger partial charge is 0.0886 e. The molecule has 1 saturated carbocycles. The van der Waals surface area contributed by atoms with E-state index in [0.29, 0.717) is 4.75 Å². The maximum absolute atomic E-state index is 5.70. The first-order chi connectivity index (χ1) is 7.79. The zero-order valence-corrected chi connectivity index (χ0v) is 11.8. The molecule has 1 saturated heterocycles. The minimum atomic E-state index is 0.455. The molecule has 0 radical (unpaired) electrons. The Morgan fingerprint density at radius 1 is 1.31 bits per heavy atom. The Kier molecular flexibility index (Phi) is 4.96. The third-order valence-corrected chi connectivity index (χ3v) is 6.56. The molecule has 0 amide bonds. The maximum Gasteiger partial charge on any atom is 0.0886 e. The van der Waals surface area contributed by atoms with Crippen molar-refractivity contribution >= 4 is 23.5 Å². The van der Waals surface area contributed by atoms with Gasteiger partial charge in [0.25, 0.3) is 0 Å². The van der Waals surface area contributed by atoms with Crippen molar-refractivity contribution in [3.05, 3.63) is 11.8 Å². The predicted molar refractivity (Wildman–Crippen MR) is 75.3 cm³/mol. The summed E-state index contributed by atoms with van der Waals surface area (Å²) in [5.74, 6) is 3.92. The number of thioether (sulfide) groups is 2. The predicted octanol–water partition coefficient (Wildman–Crippen LogP) is 4.09. The summed E-state index contributed by atoms with van der Waals surface area (Å²) in [4.78, 5) is 0. The van der Waals surface area contributed by atoms with Gasteiger partial charge in [0.1, 0.15) is 0 Å². The number of rotatable bonds is 4. The first kappa shape index (κ1) is 12.7. The van der Waals surface area contributed by atoms with Crippen LogP contribution in [-0.2, 0) is 4.74 Å². The average molecular weight is 258 g/mol. The Hall–Kier alpha value is 0.240. The lowest BCUT2D eigenvalue weighted by molar-refractivity contribution is 0.232. The van der Waals surface area contributed by atoms with Crippen LogP contribution in [0.2, 0.25) is 0 Å². The Morgan fingerprint density at radius 3 is 2.81 bits per heavy atom. The monoisotopic (exact) mass is 258 g/mol. The van der Waals surface area contributed by atoms with Crippen LogP contribution in [0, 0.1) is 0 Å². The quantitative estimate of drug-likeness (QED) is 0.555. The summed E-state index contributed by atoms with van der Waals surface area (Å²) < 4.78 is 6.16. The zero-order chi connectivity index (χ0) is 11.3. The highest BCUT2D eigenvalue weighted by Gasteiger charge is 2.27. The topological polar surface area (TPSA) is 9.23 Å². The summed E-state index contributed by atoms with van der Waals surface area (Å²) >= 11 is 4.22. The molecule has 0 aromatic carbocycles. The molecule has 92 valence electrons. The molecule has 0 aromatic heterocycles. The van der Waals surface area contributed by atoms with Crippen LogP contribution < -0.4 is 0 Å². The Balaban J connectivity index is 1.64. The lowest BCUT2D eigenvalue weighted by atomic mass is 10.1. The van der Waals surface area contributed by atoms with Gasteiger partial charge in [0.2, 0.25) is 0 Å². The van der Waals surface area contributed by atoms with E-state index in [0.717, 1.165) is 6.61 Å². The highest BCUT2D eigenvalue weighted by Crippen LogP contribution is 2.37. The van der Waals surface area contributed by atoms with Gasteiger partial charge in [0, 0.05) is 22.0 Å². The molecular weight excluding hydrogens is 236 g/mol. The van der Waals surface area contributed by atoms with Crippen molar-refractivity contribution in [3.8, 4) is 0 Å². The molecule has 0 aromatic rings. The van der Waals surface area contributed by atoms with Gasteiger partial charge in [-0.25, -0.2) is 0 Å². The summed E-state index contributed by atoms with van der Waals surface area (Å²) in [6.45, 7) is 3.28. The SMILES string of the molecule is CC1(CCOC=C2CCCC2)CSCCS1. The molecule has 2 aliphatic rings. The summed E-state index contributed by atoms with van der Waals surface area (Å²) in [6.07, 6.45) is 8.48. The van der Waals surface area contributed by atoms with Gasteiger partial charge in [0.05, 0.1) is 12.9 Å². The highest BCUT2D eigenvalue weighted by molar-refractivity contribution is 8.07. The molecule has 1 aliphatic carbocycles. The van der Waals surface area contributed by atoms with Crippen LogP contribution in [0.25, 0.3) is 0 Å². The van der Waals surface area contributed by atoms with Crippen molar-refractivity contribution < 1.29 is 4.74 Å². The Labute approximate surface area is 108 Å². The normalized spacial score (nSPS) is 30.4. The zero-order valence-electron chi connectivity index (χ0n) is 10.2. The van der Waals surface area contributed by atoms with Crippen LogP contribution in [-0.4, -0.2) is 28.6 Å². The largest absolute Gasteiger partial charge is 0.501 e. The van der Waals surface area contributed by atoms with E-state index in [-0.39, 0.29) is 0 Å². The molecule has 0 bridgehead atoms. The second-order valence-corrected chi connectivity index (χ2v) is 7.74. The number of hydrogen-bond donors (Lipinski definition) is 0. The van der Waals surface area contributed by atoms with Crippen LogP contribution in [0.4, 0.5) is 0 Å². The second kappa shape index (κ2) is 6.25. The molecule has 1 atom stereocenters. The van der Waals surface area contributed by atoms with Gasteiger partial charge < -0.3 is 4.74 Å². The average Bonchev–Trinajstić information content (AvgIpc) is 2.78. The third-order valence-electron chi connectivity index (χ3n) is 3.33. The Bertz CT molecular complexity index is 236. The molecule has 16 heavy (non-hydrogen) atoms. The van der Waals surface area contributed by atoms with E-state index in [1.54, 1.807) is 0 Å². The minimum absolute atomic E-state index is 0.455. The van der Waals surface area contributed by atoms with Crippen molar-refractivity contribution in [1.82, 2.24) is 0 Å². The number of hydrogen-bond acceptors (Lipinski definition) is 3. The fourth-order valence-electron chi connectivity index (χ4n) is 2.22. The molecule has 1 aliphatic heterocycles. The maximum atomic E-state index is 5.70. The van der Waals surface area contributed by atoms with Gasteiger partial charge in [-0.05, 0) is 44.6 Å². The number of allylic oxidation sites excluding steroid dienone is 1. The third kappa shape index (κ3) is 3.92. The van der Waals surface area contributed by atoms with Crippen molar-refractivity contribution in [2.75, 3.05) is 23.9 Å². The van der Waals surface area contributed by atoms with Crippen molar-refractivity contribution in [1.29, 1.82) is 0 Å². The lowest BCUT2D eigenvalue weighted by Crippen LogP contribution is -2.29. The molecule has 2 rings (SSSR count). The first-order valence-electron chi connectivity index (χ1n) is 6.30. The fourth-order valence-corrected chi connectivity index (χ4v) is 5.05. The molecule has 1 heterocycles. The van der Waals surface area contributed by atoms with Crippen LogP contribution in [0.15, 0.2) is 11.8 Å². The fraction of sp³-hybridized carbons (Fsp3) is 0.846. The lowest BCUT2D eigenvalue weighted by Gasteiger charge is -2.32. The molecule has 3 heteroatoms. The standard InChI is InChI=1S/C13H22OS2/c1-13(11-15-8-9-16-13)6-7-14-10-12-4-2-3-5-12/h10H,2-9,11H2,1H3. The van der Waals surface area contributed by atoms with Crippen molar-refractivity contribution in [2.24, 2.45) is 0 Å². The molecular formula is C13H22OS2. The van der Waals surface area contributed by atoms with E-state index in [1.165, 1.54) is 54.9 Å². The van der Waals surface area contributed by atoms with E-state index < -0.39 is 0 Å². The van der Waals surface area contributed by atoms with Crippen molar-refractivity contribution in [2.45, 2.75) is 43.8 Å². The van der Waals surface area contributed by atoms with Crippen molar-refractivity contribution in [3.63, 3.8) is 0 Å². The van der Waals surface area contributed by atoms with E-state index >= 15 is 0 Å². The number of ether oxygens (including phenoxy) is 1. The van der Waals surface area contributed by atoms with E-state index in [2.05, 4.69) is 30.4 Å². The van der Waals surface area contributed by atoms with Gasteiger partial charge in [-0.2, -0.15) is 23.5 Å². The van der Waals surface area contributed by atoms with Gasteiger partial charge in [-0.1, -0.05) is 0 Å². The highest BCUT2D eigenvalue weighted by atomic mass is 32.2. The van der Waals surface area contributed by atoms with Crippen LogP contribution >= 0.6 is 23.5 Å². The first-order valence-corrected chi connectivity index (χ1v) is 8.44. The molecule has 0 N–H and O–H groups in total. The van der Waals surface area contributed by atoms with Crippen LogP contribution in [0.1, 0.15) is 39.0 Å². The van der Waals surface area contributed by atoms with Gasteiger partial charge in [-0.15, -0.1) is 0 Å². The molecule has 1 unspecified atom stereocenters. The summed E-state index contributed by atoms with van der Waals surface area (Å²) in [5, 5.41) is 0. The van der Waals surface area contributed by atoms with E-state index in [1.807, 2.05) is 6.26 Å². The van der Waals surface area contributed by atoms with Gasteiger partial charge in [0.15, 0.2) is 0 Å². The van der Waals surface area contributed by atoms with E-state index in [4.69, 9.17) is 4.74 Å². The molecule has 0 spiro atoms. The minimum Gasteiger partial charge on any atom is -0.501 e. The van der Waals surface area contributed by atoms with Crippen LogP contribution in [0.5, 0.6) is 0 Å². The van der Waals surface area contributed by atoms with Crippen LogP contribution in [0.3, 0.4) is 0 Å². The Morgan fingerprint density at radius 2 is 2.12 bits per heavy atom. The van der Waals surface area contributed by atoms with Gasteiger partial charge in [-0.3, -0.25) is 0 Å². The summed E-state index contributed by atoms with van der Waals surface area (Å²) in [6, 6.07) is 0. The second-order valence-electron chi connectivity index (χ2n) is 4.95. The molecule has 1 nitrogen and oxygen atoms in total.